The fraction of sp³-hybridized carbons (Fsp3) is 0.316. The van der Waals surface area contributed by atoms with E-state index in [4.69, 9.17) is 18.9 Å². The van der Waals surface area contributed by atoms with Gasteiger partial charge in [0.25, 0.3) is 11.8 Å². The Kier molecular flexibility index (Phi) is 16.8. The number of amides is 2. The lowest BCUT2D eigenvalue weighted by atomic mass is 10.2. The zero-order chi connectivity index (χ0) is 39.8. The Hall–Kier alpha value is -4.17. The molecule has 0 saturated heterocycles. The zero-order valence-electron chi connectivity index (χ0n) is 31.1. The van der Waals surface area contributed by atoms with Gasteiger partial charge in [-0.15, -0.1) is 0 Å². The van der Waals surface area contributed by atoms with Crippen molar-refractivity contribution >= 4 is 55.0 Å². The van der Waals surface area contributed by atoms with Crippen molar-refractivity contribution in [2.24, 2.45) is 0 Å². The molecule has 4 aromatic carbocycles. The monoisotopic (exact) mass is 814 g/mol. The van der Waals surface area contributed by atoms with E-state index in [9.17, 15) is 26.4 Å². The van der Waals surface area contributed by atoms with Crippen LogP contribution < -0.4 is 10.6 Å². The molecule has 0 fully saturated rings. The molecule has 0 atom stereocenters. The van der Waals surface area contributed by atoms with E-state index >= 15 is 0 Å². The number of hydrogen-bond acceptors (Lipinski definition) is 11. The van der Waals surface area contributed by atoms with Crippen molar-refractivity contribution in [3.63, 3.8) is 0 Å². The summed E-state index contributed by atoms with van der Waals surface area (Å²) in [7, 11) is -1.63. The summed E-state index contributed by atoms with van der Waals surface area (Å²) in [5.41, 5.74) is 1.73. The smallest absolute Gasteiger partial charge is 0.255 e. The summed E-state index contributed by atoms with van der Waals surface area (Å²) in [4.78, 5) is 27.8. The Balaban J connectivity index is 1.31. The molecule has 0 aliphatic heterocycles. The van der Waals surface area contributed by atoms with Crippen molar-refractivity contribution in [3.05, 3.63) is 108 Å². The Labute approximate surface area is 327 Å². The first-order chi connectivity index (χ1) is 26.4. The highest BCUT2D eigenvalue weighted by Gasteiger charge is 2.25. The van der Waals surface area contributed by atoms with Crippen LogP contribution in [-0.4, -0.2) is 118 Å². The van der Waals surface area contributed by atoms with Crippen molar-refractivity contribution in [1.29, 1.82) is 0 Å². The molecule has 296 valence electrons. The van der Waals surface area contributed by atoms with E-state index in [0.29, 0.717) is 22.5 Å². The van der Waals surface area contributed by atoms with E-state index in [1.165, 1.54) is 97.3 Å². The molecule has 0 bridgehead atoms. The first-order valence-corrected chi connectivity index (χ1v) is 20.8. The molecule has 4 rings (SSSR count). The van der Waals surface area contributed by atoms with E-state index in [-0.39, 0.29) is 74.2 Å². The number of nitrogens with one attached hydrogen (secondary N) is 2. The minimum Gasteiger partial charge on any atom is -0.383 e. The maximum atomic E-state index is 13.2. The molecule has 14 nitrogen and oxygen atoms in total. The number of nitrogens with zero attached hydrogens (tertiary/aromatic N) is 2. The van der Waals surface area contributed by atoms with Crippen LogP contribution in [0.1, 0.15) is 20.7 Å². The fourth-order valence-electron chi connectivity index (χ4n) is 5.09. The van der Waals surface area contributed by atoms with Crippen LogP contribution in [0.4, 0.5) is 11.4 Å². The number of sulfonamides is 2. The highest BCUT2D eigenvalue weighted by molar-refractivity contribution is 7.99. The van der Waals surface area contributed by atoms with Gasteiger partial charge in [-0.1, -0.05) is 11.8 Å². The highest BCUT2D eigenvalue weighted by Crippen LogP contribution is 2.30. The summed E-state index contributed by atoms with van der Waals surface area (Å²) in [6.07, 6.45) is 0. The maximum Gasteiger partial charge on any atom is 0.255 e. The number of benzene rings is 4. The molecule has 55 heavy (non-hydrogen) atoms. The number of hydrogen-bond donors (Lipinski definition) is 2. The lowest BCUT2D eigenvalue weighted by molar-refractivity contribution is 0.101. The van der Waals surface area contributed by atoms with Crippen LogP contribution in [0.3, 0.4) is 0 Å². The molecule has 4 aromatic rings. The summed E-state index contributed by atoms with van der Waals surface area (Å²) in [6, 6.07) is 26.0. The summed E-state index contributed by atoms with van der Waals surface area (Å²) < 4.78 is 75.4. The van der Waals surface area contributed by atoms with Gasteiger partial charge in [0.2, 0.25) is 20.0 Å². The van der Waals surface area contributed by atoms with Crippen LogP contribution in [0.25, 0.3) is 0 Å². The topological polar surface area (TPSA) is 170 Å². The molecule has 0 unspecified atom stereocenters. The summed E-state index contributed by atoms with van der Waals surface area (Å²) in [5, 5.41) is 5.66. The van der Waals surface area contributed by atoms with Crippen LogP contribution in [0.5, 0.6) is 0 Å². The Bertz CT molecular complexity index is 1880. The number of carbonyl (C=O) groups excluding carboxylic acids is 2. The molecule has 0 aliphatic rings. The standard InChI is InChI=1S/C38H46N4O10S3/c1-49-25-21-41(22-26-50-2)54(45,46)35-17-5-29(6-18-35)37(43)39-31-9-13-33(14-10-31)53-34-15-11-32(12-16-34)40-38(44)30-7-19-36(20-8-30)55(47,48)42(23-27-51-3)24-28-52-4/h5-20H,21-28H2,1-4H3,(H,39,43)(H,40,44). The van der Waals surface area contributed by atoms with Gasteiger partial charge in [-0.05, 0) is 97.1 Å². The highest BCUT2D eigenvalue weighted by atomic mass is 32.2. The number of anilines is 2. The van der Waals surface area contributed by atoms with Gasteiger partial charge in [-0.3, -0.25) is 9.59 Å². The van der Waals surface area contributed by atoms with E-state index in [1.807, 2.05) is 24.3 Å². The molecule has 17 heteroatoms. The summed E-state index contributed by atoms with van der Waals surface area (Å²) >= 11 is 1.49. The SMILES string of the molecule is COCCN(CCOC)S(=O)(=O)c1ccc(C(=O)Nc2ccc(Sc3ccc(NC(=O)c4ccc(S(=O)(=O)N(CCOC)CCOC)cc4)cc3)cc2)cc1. The van der Waals surface area contributed by atoms with Crippen molar-refractivity contribution in [2.45, 2.75) is 19.6 Å². The zero-order valence-corrected chi connectivity index (χ0v) is 33.5. The molecule has 2 amide bonds. The molecular formula is C38H46N4O10S3. The van der Waals surface area contributed by atoms with Gasteiger partial charge in [-0.2, -0.15) is 8.61 Å². The van der Waals surface area contributed by atoms with Crippen molar-refractivity contribution in [1.82, 2.24) is 8.61 Å². The fourth-order valence-corrected chi connectivity index (χ4v) is 8.72. The van der Waals surface area contributed by atoms with E-state index in [1.54, 1.807) is 24.3 Å². The Morgan fingerprint density at radius 2 is 0.782 bits per heavy atom. The molecule has 0 saturated carbocycles. The van der Waals surface area contributed by atoms with Crippen LogP contribution in [-0.2, 0) is 39.0 Å². The number of carbonyl (C=O) groups is 2. The third-order valence-corrected chi connectivity index (χ3v) is 13.0. The first-order valence-electron chi connectivity index (χ1n) is 17.1. The minimum absolute atomic E-state index is 0.0635. The van der Waals surface area contributed by atoms with Gasteiger partial charge >= 0.3 is 0 Å². The van der Waals surface area contributed by atoms with E-state index in [0.717, 1.165) is 9.79 Å². The predicted molar refractivity (Wildman–Crippen MR) is 211 cm³/mol. The average Bonchev–Trinajstić information content (AvgIpc) is 3.19. The van der Waals surface area contributed by atoms with Gasteiger partial charge in [0.15, 0.2) is 0 Å². The van der Waals surface area contributed by atoms with Crippen LogP contribution in [0, 0.1) is 0 Å². The molecule has 0 aliphatic carbocycles. The van der Waals surface area contributed by atoms with Crippen LogP contribution in [0.15, 0.2) is 117 Å². The number of rotatable bonds is 22. The minimum atomic E-state index is -3.81. The van der Waals surface area contributed by atoms with E-state index in [2.05, 4.69) is 10.6 Å². The second-order valence-corrected chi connectivity index (χ2v) is 16.9. The van der Waals surface area contributed by atoms with Gasteiger partial charge < -0.3 is 29.6 Å². The molecule has 2 N–H and O–H groups in total. The van der Waals surface area contributed by atoms with Gasteiger partial charge in [0, 0.05) is 86.9 Å². The first kappa shape index (κ1) is 43.6. The van der Waals surface area contributed by atoms with Gasteiger partial charge in [0.1, 0.15) is 0 Å². The Morgan fingerprint density at radius 1 is 0.491 bits per heavy atom. The molecule has 0 radical (unpaired) electrons. The number of ether oxygens (including phenoxy) is 4. The Morgan fingerprint density at radius 3 is 1.05 bits per heavy atom. The number of methoxy groups -OCH3 is 4. The van der Waals surface area contributed by atoms with Crippen LogP contribution in [0.2, 0.25) is 0 Å². The molecular weight excluding hydrogens is 769 g/mol. The third kappa shape index (κ3) is 12.4. The van der Waals surface area contributed by atoms with Crippen LogP contribution >= 0.6 is 11.8 Å². The van der Waals surface area contributed by atoms with Gasteiger partial charge in [-0.25, -0.2) is 16.8 Å². The molecule has 0 heterocycles. The van der Waals surface area contributed by atoms with Crippen molar-refractivity contribution < 1.29 is 45.4 Å². The molecule has 0 aromatic heterocycles. The second-order valence-electron chi connectivity index (χ2n) is 11.9. The lowest BCUT2D eigenvalue weighted by Gasteiger charge is -2.21. The summed E-state index contributed by atoms with van der Waals surface area (Å²) in [5.74, 6) is -0.776. The lowest BCUT2D eigenvalue weighted by Crippen LogP contribution is -2.36. The van der Waals surface area contributed by atoms with Gasteiger partial charge in [0.05, 0.1) is 36.2 Å². The van der Waals surface area contributed by atoms with E-state index < -0.39 is 20.0 Å². The third-order valence-electron chi connectivity index (χ3n) is 8.15. The normalized spacial score (nSPS) is 11.9. The summed E-state index contributed by atoms with van der Waals surface area (Å²) in [6.45, 7) is 1.61. The molecule has 0 spiro atoms. The quantitative estimate of drug-likeness (QED) is 0.111. The largest absolute Gasteiger partial charge is 0.383 e. The maximum absolute atomic E-state index is 13.2. The van der Waals surface area contributed by atoms with Crippen molar-refractivity contribution in [2.75, 3.05) is 91.7 Å². The average molecular weight is 815 g/mol. The van der Waals surface area contributed by atoms with Crippen molar-refractivity contribution in [3.8, 4) is 0 Å². The second kappa shape index (κ2) is 21.2. The predicted octanol–water partition coefficient (Wildman–Crippen LogP) is 4.91.